The molecule has 4 rings (SSSR count). The SMILES string of the molecule is O=C(NCCSCc1c(F)cccc1Cl)c1ccc([C@@H]2SCC(=O)N2CCc2ccccc2)cc1. The largest absolute Gasteiger partial charge is 0.351 e. The molecule has 0 bridgehead atoms. The summed E-state index contributed by atoms with van der Waals surface area (Å²) in [6.07, 6.45) is 0.811. The first kappa shape index (κ1) is 25.6. The van der Waals surface area contributed by atoms with Gasteiger partial charge in [0.1, 0.15) is 11.2 Å². The fourth-order valence-electron chi connectivity index (χ4n) is 3.85. The minimum Gasteiger partial charge on any atom is -0.351 e. The van der Waals surface area contributed by atoms with Gasteiger partial charge in [-0.1, -0.05) is 60.1 Å². The summed E-state index contributed by atoms with van der Waals surface area (Å²) in [5, 5.41) is 3.28. The van der Waals surface area contributed by atoms with Crippen LogP contribution < -0.4 is 5.32 Å². The zero-order chi connectivity index (χ0) is 24.6. The highest BCUT2D eigenvalue weighted by molar-refractivity contribution is 8.00. The first-order valence-corrected chi connectivity index (χ1v) is 13.9. The number of rotatable bonds is 10. The molecule has 1 fully saturated rings. The van der Waals surface area contributed by atoms with Crippen molar-refractivity contribution in [3.05, 3.63) is 106 Å². The van der Waals surface area contributed by atoms with Gasteiger partial charge in [0, 0.05) is 40.7 Å². The lowest BCUT2D eigenvalue weighted by Gasteiger charge is -2.24. The molecule has 1 atom stereocenters. The first-order chi connectivity index (χ1) is 17.0. The van der Waals surface area contributed by atoms with Gasteiger partial charge in [-0.15, -0.1) is 11.8 Å². The number of hydrogen-bond acceptors (Lipinski definition) is 4. The number of carbonyl (C=O) groups is 2. The number of hydrogen-bond donors (Lipinski definition) is 1. The van der Waals surface area contributed by atoms with Gasteiger partial charge in [0.15, 0.2) is 0 Å². The number of benzene rings is 3. The van der Waals surface area contributed by atoms with Crippen LogP contribution >= 0.6 is 35.1 Å². The molecule has 3 aromatic carbocycles. The molecule has 1 heterocycles. The van der Waals surface area contributed by atoms with Crippen LogP contribution in [0.15, 0.2) is 72.8 Å². The van der Waals surface area contributed by atoms with Crippen molar-refractivity contribution in [2.75, 3.05) is 24.6 Å². The van der Waals surface area contributed by atoms with Crippen molar-refractivity contribution in [2.45, 2.75) is 17.5 Å². The topological polar surface area (TPSA) is 49.4 Å². The van der Waals surface area contributed by atoms with E-state index in [9.17, 15) is 14.0 Å². The van der Waals surface area contributed by atoms with Crippen LogP contribution in [0.4, 0.5) is 4.39 Å². The Bertz CT molecular complexity index is 1140. The Balaban J connectivity index is 1.26. The monoisotopic (exact) mass is 528 g/mol. The smallest absolute Gasteiger partial charge is 0.251 e. The number of nitrogens with zero attached hydrogens (tertiary/aromatic N) is 1. The Kier molecular flexibility index (Phi) is 9.12. The zero-order valence-electron chi connectivity index (χ0n) is 19.1. The van der Waals surface area contributed by atoms with Gasteiger partial charge >= 0.3 is 0 Å². The Hall–Kier alpha value is -2.48. The fourth-order valence-corrected chi connectivity index (χ4v) is 6.26. The molecule has 1 aliphatic rings. The van der Waals surface area contributed by atoms with E-state index in [2.05, 4.69) is 17.4 Å². The maximum atomic E-state index is 13.8. The van der Waals surface area contributed by atoms with Crippen LogP contribution in [0.2, 0.25) is 5.02 Å². The van der Waals surface area contributed by atoms with Crippen LogP contribution in [0, 0.1) is 5.82 Å². The van der Waals surface area contributed by atoms with Crippen LogP contribution in [-0.2, 0) is 17.0 Å². The molecule has 0 spiro atoms. The molecule has 0 aliphatic carbocycles. The summed E-state index contributed by atoms with van der Waals surface area (Å²) >= 11 is 9.18. The highest BCUT2D eigenvalue weighted by Gasteiger charge is 2.32. The molecule has 2 amide bonds. The van der Waals surface area contributed by atoms with Gasteiger partial charge in [-0.2, -0.15) is 11.8 Å². The van der Waals surface area contributed by atoms with Crippen LogP contribution in [0.25, 0.3) is 0 Å². The quantitative estimate of drug-likeness (QED) is 0.330. The van der Waals surface area contributed by atoms with E-state index in [0.717, 1.165) is 12.0 Å². The normalized spacial score (nSPS) is 15.4. The van der Waals surface area contributed by atoms with E-state index in [0.29, 0.717) is 46.5 Å². The molecule has 0 saturated carbocycles. The Labute approximate surface area is 218 Å². The fraction of sp³-hybridized carbons (Fsp3) is 0.259. The zero-order valence-corrected chi connectivity index (χ0v) is 21.5. The number of amides is 2. The van der Waals surface area contributed by atoms with Crippen molar-refractivity contribution in [3.8, 4) is 0 Å². The molecule has 182 valence electrons. The Morgan fingerprint density at radius 1 is 1.09 bits per heavy atom. The third-order valence-electron chi connectivity index (χ3n) is 5.75. The predicted octanol–water partition coefficient (Wildman–Crippen LogP) is 5.96. The van der Waals surface area contributed by atoms with E-state index in [1.165, 1.54) is 23.4 Å². The Morgan fingerprint density at radius 2 is 1.86 bits per heavy atom. The van der Waals surface area contributed by atoms with Crippen LogP contribution in [0.3, 0.4) is 0 Å². The third kappa shape index (κ3) is 6.81. The average Bonchev–Trinajstić information content (AvgIpc) is 3.24. The second-order valence-electron chi connectivity index (χ2n) is 8.12. The lowest BCUT2D eigenvalue weighted by Crippen LogP contribution is -2.30. The van der Waals surface area contributed by atoms with Crippen molar-refractivity contribution < 1.29 is 14.0 Å². The molecule has 35 heavy (non-hydrogen) atoms. The molecule has 8 heteroatoms. The number of halogens is 2. The van der Waals surface area contributed by atoms with Gasteiger partial charge in [-0.3, -0.25) is 9.59 Å². The van der Waals surface area contributed by atoms with Crippen molar-refractivity contribution >= 4 is 46.9 Å². The minimum absolute atomic E-state index is 0.0371. The second kappa shape index (κ2) is 12.5. The second-order valence-corrected chi connectivity index (χ2v) is 10.7. The summed E-state index contributed by atoms with van der Waals surface area (Å²) in [4.78, 5) is 26.9. The number of carbonyl (C=O) groups excluding carboxylic acids is 2. The molecular formula is C27H26ClFN2O2S2. The maximum absolute atomic E-state index is 13.8. The predicted molar refractivity (Wildman–Crippen MR) is 143 cm³/mol. The summed E-state index contributed by atoms with van der Waals surface area (Å²) in [5.74, 6) is 1.25. The van der Waals surface area contributed by atoms with E-state index in [1.54, 1.807) is 36.0 Å². The molecular weight excluding hydrogens is 503 g/mol. The molecule has 1 saturated heterocycles. The molecule has 3 aromatic rings. The van der Waals surface area contributed by atoms with Gasteiger partial charge in [0.2, 0.25) is 5.91 Å². The number of nitrogens with one attached hydrogen (secondary N) is 1. The summed E-state index contributed by atoms with van der Waals surface area (Å²) in [5.41, 5.74) is 3.28. The van der Waals surface area contributed by atoms with Crippen molar-refractivity contribution in [1.29, 1.82) is 0 Å². The van der Waals surface area contributed by atoms with Crippen molar-refractivity contribution in [1.82, 2.24) is 10.2 Å². The van der Waals surface area contributed by atoms with E-state index < -0.39 is 0 Å². The van der Waals surface area contributed by atoms with Gasteiger partial charge in [0.25, 0.3) is 5.91 Å². The lowest BCUT2D eigenvalue weighted by atomic mass is 10.1. The summed E-state index contributed by atoms with van der Waals surface area (Å²) in [7, 11) is 0. The van der Waals surface area contributed by atoms with Crippen molar-refractivity contribution in [2.24, 2.45) is 0 Å². The van der Waals surface area contributed by atoms with Crippen LogP contribution in [0.1, 0.15) is 32.4 Å². The summed E-state index contributed by atoms with van der Waals surface area (Å²) in [6, 6.07) is 22.3. The molecule has 0 unspecified atom stereocenters. The van der Waals surface area contributed by atoms with E-state index in [1.807, 2.05) is 35.2 Å². The molecule has 4 nitrogen and oxygen atoms in total. The molecule has 0 radical (unpaired) electrons. The molecule has 1 N–H and O–H groups in total. The van der Waals surface area contributed by atoms with Gasteiger partial charge < -0.3 is 10.2 Å². The standard InChI is InChI=1S/C27H26ClFN2O2S2/c28-23-7-4-8-24(29)22(23)17-34-16-14-30-26(33)20-9-11-21(12-10-20)27-31(25(32)18-35-27)15-13-19-5-2-1-3-6-19/h1-12,27H,13-18H2,(H,30,33)/t27-/m0/s1. The minimum atomic E-state index is -0.310. The van der Waals surface area contributed by atoms with Gasteiger partial charge in [0.05, 0.1) is 5.75 Å². The summed E-state index contributed by atoms with van der Waals surface area (Å²) in [6.45, 7) is 1.13. The molecule has 0 aromatic heterocycles. The summed E-state index contributed by atoms with van der Waals surface area (Å²) < 4.78 is 13.8. The first-order valence-electron chi connectivity index (χ1n) is 11.4. The Morgan fingerprint density at radius 3 is 2.60 bits per heavy atom. The number of thioether (sulfide) groups is 2. The van der Waals surface area contributed by atoms with Crippen LogP contribution in [-0.4, -0.2) is 41.3 Å². The van der Waals surface area contributed by atoms with E-state index >= 15 is 0 Å². The lowest BCUT2D eigenvalue weighted by molar-refractivity contribution is -0.128. The maximum Gasteiger partial charge on any atom is 0.251 e. The highest BCUT2D eigenvalue weighted by Crippen LogP contribution is 2.38. The van der Waals surface area contributed by atoms with E-state index in [4.69, 9.17) is 11.6 Å². The van der Waals surface area contributed by atoms with E-state index in [-0.39, 0.29) is 23.0 Å². The molecule has 1 aliphatic heterocycles. The average molecular weight is 529 g/mol. The highest BCUT2D eigenvalue weighted by atomic mass is 35.5. The van der Waals surface area contributed by atoms with Crippen LogP contribution in [0.5, 0.6) is 0 Å². The van der Waals surface area contributed by atoms with Gasteiger partial charge in [-0.25, -0.2) is 4.39 Å². The van der Waals surface area contributed by atoms with Gasteiger partial charge in [-0.05, 0) is 41.8 Å². The third-order valence-corrected chi connectivity index (χ3v) is 8.35. The van der Waals surface area contributed by atoms with Crippen molar-refractivity contribution in [3.63, 3.8) is 0 Å².